The molecule has 0 radical (unpaired) electrons. The van der Waals surface area contributed by atoms with E-state index in [0.717, 1.165) is 5.76 Å². The van der Waals surface area contributed by atoms with Crippen LogP contribution in [0.15, 0.2) is 24.6 Å². The van der Waals surface area contributed by atoms with E-state index in [4.69, 9.17) is 13.5 Å². The summed E-state index contributed by atoms with van der Waals surface area (Å²) in [4.78, 5) is 0. The van der Waals surface area contributed by atoms with Gasteiger partial charge in [-0.05, 0) is 58.9 Å². The molecule has 0 aromatic rings. The third kappa shape index (κ3) is 14.4. The molecule has 4 nitrogen and oxygen atoms in total. The summed E-state index contributed by atoms with van der Waals surface area (Å²) in [6.45, 7) is 23.2. The van der Waals surface area contributed by atoms with Crippen molar-refractivity contribution >= 4 is 25.0 Å². The predicted molar refractivity (Wildman–Crippen MR) is 98.0 cm³/mol. The van der Waals surface area contributed by atoms with Gasteiger partial charge in [0, 0.05) is 6.42 Å². The number of allylic oxidation sites excluding steroid dienone is 1. The molecule has 0 atom stereocenters. The van der Waals surface area contributed by atoms with Crippen LogP contribution in [0.1, 0.15) is 6.42 Å². The van der Waals surface area contributed by atoms with Crippen LogP contribution in [-0.2, 0) is 13.5 Å². The van der Waals surface area contributed by atoms with Crippen LogP contribution in [0.5, 0.6) is 0 Å². The number of nitrogens with zero attached hydrogens (tertiary/aromatic N) is 1. The first-order valence-corrected chi connectivity index (χ1v) is 17.6. The summed E-state index contributed by atoms with van der Waals surface area (Å²) < 4.78 is 17.7. The minimum atomic E-state index is -1.71. The molecule has 0 bridgehead atoms. The largest absolute Gasteiger partial charge is 0.548 e. The van der Waals surface area contributed by atoms with Gasteiger partial charge in [0.05, 0.1) is 12.0 Å². The van der Waals surface area contributed by atoms with Gasteiger partial charge in [0.15, 0.2) is 0 Å². The van der Waals surface area contributed by atoms with Gasteiger partial charge in [-0.3, -0.25) is 9.05 Å². The highest BCUT2D eigenvalue weighted by molar-refractivity contribution is 6.70. The first-order chi connectivity index (χ1) is 9.18. The van der Waals surface area contributed by atoms with E-state index in [1.165, 1.54) is 0 Å². The maximum atomic E-state index is 5.93. The molecule has 0 aromatic carbocycles. The summed E-state index contributed by atoms with van der Waals surface area (Å²) in [6.07, 6.45) is 4.49. The number of rotatable bonds is 9. The molecule has 7 heteroatoms. The van der Waals surface area contributed by atoms with Gasteiger partial charge >= 0.3 is 0 Å². The van der Waals surface area contributed by atoms with Gasteiger partial charge in [0.1, 0.15) is 0 Å². The van der Waals surface area contributed by atoms with E-state index in [1.807, 2.05) is 12.3 Å². The monoisotopic (exact) mass is 347 g/mol. The van der Waals surface area contributed by atoms with Gasteiger partial charge in [0.2, 0.25) is 25.0 Å². The van der Waals surface area contributed by atoms with Crippen molar-refractivity contribution < 1.29 is 13.5 Å². The van der Waals surface area contributed by atoms with Crippen molar-refractivity contribution in [2.75, 3.05) is 0 Å². The Morgan fingerprint density at radius 1 is 0.857 bits per heavy atom. The SMILES string of the molecule is C=C(C/C=C/N(O[Si](C)(C)C)O[Si](C)(C)C)O[Si](C)(C)C. The zero-order chi connectivity index (χ0) is 16.9. The van der Waals surface area contributed by atoms with Crippen LogP contribution in [0.25, 0.3) is 0 Å². The van der Waals surface area contributed by atoms with Gasteiger partial charge in [0.25, 0.3) is 0 Å². The highest BCUT2D eigenvalue weighted by Gasteiger charge is 2.24. The molecule has 0 amide bonds. The van der Waals surface area contributed by atoms with Crippen LogP contribution in [0.2, 0.25) is 58.9 Å². The maximum absolute atomic E-state index is 5.93. The maximum Gasteiger partial charge on any atom is 0.241 e. The molecule has 0 aromatic heterocycles. The van der Waals surface area contributed by atoms with Crippen molar-refractivity contribution in [3.63, 3.8) is 0 Å². The van der Waals surface area contributed by atoms with E-state index in [1.54, 1.807) is 5.23 Å². The number of hydrogen-bond donors (Lipinski definition) is 0. The standard InChI is InChI=1S/C14H33NO3Si3/c1-14(16-19(2,3)4)12-11-13-15(17-20(5,6)7)18-21(8,9)10/h11,13H,1,12H2,2-10H3/b13-11+. The van der Waals surface area contributed by atoms with E-state index >= 15 is 0 Å². The van der Waals surface area contributed by atoms with Gasteiger partial charge < -0.3 is 4.43 Å². The molecule has 0 spiro atoms. The van der Waals surface area contributed by atoms with Crippen LogP contribution < -0.4 is 0 Å². The van der Waals surface area contributed by atoms with Gasteiger partial charge in [-0.2, -0.15) is 5.23 Å². The summed E-state index contributed by atoms with van der Waals surface area (Å²) in [5, 5.41) is 1.54. The minimum absolute atomic E-state index is 0.672. The van der Waals surface area contributed by atoms with E-state index in [0.29, 0.717) is 6.42 Å². The fourth-order valence-corrected chi connectivity index (χ4v) is 3.66. The lowest BCUT2D eigenvalue weighted by molar-refractivity contribution is -0.231. The van der Waals surface area contributed by atoms with Gasteiger partial charge in [-0.1, -0.05) is 12.7 Å². The Kier molecular flexibility index (Phi) is 7.65. The Morgan fingerprint density at radius 3 is 1.62 bits per heavy atom. The molecule has 0 unspecified atom stereocenters. The van der Waals surface area contributed by atoms with E-state index in [9.17, 15) is 0 Å². The molecular weight excluding hydrogens is 314 g/mol. The Hall–Kier alpha value is -0.349. The third-order valence-corrected chi connectivity index (χ3v) is 4.11. The van der Waals surface area contributed by atoms with Crippen LogP contribution in [0, 0.1) is 0 Å². The smallest absolute Gasteiger partial charge is 0.241 e. The first-order valence-electron chi connectivity index (χ1n) is 7.39. The van der Waals surface area contributed by atoms with Crippen molar-refractivity contribution in [1.82, 2.24) is 5.23 Å². The average Bonchev–Trinajstić information content (AvgIpc) is 2.07. The van der Waals surface area contributed by atoms with Crippen molar-refractivity contribution in [2.45, 2.75) is 65.3 Å². The molecule has 0 heterocycles. The van der Waals surface area contributed by atoms with Crippen LogP contribution in [-0.4, -0.2) is 30.2 Å². The third-order valence-electron chi connectivity index (χ3n) is 1.75. The van der Waals surface area contributed by atoms with Gasteiger partial charge in [-0.25, -0.2) is 0 Å². The molecule has 0 aliphatic rings. The van der Waals surface area contributed by atoms with E-state index in [2.05, 4.69) is 65.5 Å². The lowest BCUT2D eigenvalue weighted by Crippen LogP contribution is -2.41. The van der Waals surface area contributed by atoms with Crippen LogP contribution in [0.3, 0.4) is 0 Å². The molecule has 0 fully saturated rings. The summed E-state index contributed by atoms with van der Waals surface area (Å²) >= 11 is 0. The van der Waals surface area contributed by atoms with Gasteiger partial charge in [-0.15, -0.1) is 0 Å². The molecule has 0 rings (SSSR count). The number of hydrogen-bond acceptors (Lipinski definition) is 4. The van der Waals surface area contributed by atoms with Crippen LogP contribution >= 0.6 is 0 Å². The zero-order valence-corrected chi connectivity index (χ0v) is 18.2. The van der Waals surface area contributed by atoms with Crippen molar-refractivity contribution in [3.8, 4) is 0 Å². The molecule has 124 valence electrons. The molecule has 0 saturated carbocycles. The van der Waals surface area contributed by atoms with Crippen molar-refractivity contribution in [1.29, 1.82) is 0 Å². The summed E-state index contributed by atoms with van der Waals surface area (Å²) in [6, 6.07) is 0. The Bertz CT molecular complexity index is 349. The highest BCUT2D eigenvalue weighted by atomic mass is 28.4. The minimum Gasteiger partial charge on any atom is -0.548 e. The molecule has 0 aliphatic heterocycles. The fraction of sp³-hybridized carbons (Fsp3) is 0.714. The summed E-state index contributed by atoms with van der Waals surface area (Å²) in [5.41, 5.74) is 0. The zero-order valence-electron chi connectivity index (χ0n) is 15.2. The fourth-order valence-electron chi connectivity index (χ4n) is 1.36. The number of hydroxylamine groups is 2. The Morgan fingerprint density at radius 2 is 1.29 bits per heavy atom. The second kappa shape index (κ2) is 7.77. The topological polar surface area (TPSA) is 30.9 Å². The first kappa shape index (κ1) is 20.7. The molecular formula is C14H33NO3Si3. The second-order valence-corrected chi connectivity index (χ2v) is 21.3. The molecule has 21 heavy (non-hydrogen) atoms. The Balaban J connectivity index is 4.59. The normalized spacial score (nSPS) is 13.6. The predicted octanol–water partition coefficient (Wildman–Crippen LogP) is 5.09. The van der Waals surface area contributed by atoms with Crippen molar-refractivity contribution in [3.05, 3.63) is 24.6 Å². The lowest BCUT2D eigenvalue weighted by atomic mass is 10.4. The molecule has 0 aliphatic carbocycles. The quantitative estimate of drug-likeness (QED) is 0.330. The van der Waals surface area contributed by atoms with E-state index in [-0.39, 0.29) is 0 Å². The average molecular weight is 348 g/mol. The molecule has 0 saturated heterocycles. The summed E-state index contributed by atoms with van der Waals surface area (Å²) in [5.74, 6) is 0.798. The Labute approximate surface area is 134 Å². The molecule has 0 N–H and O–H groups in total. The second-order valence-electron chi connectivity index (χ2n) is 8.03. The highest BCUT2D eigenvalue weighted by Crippen LogP contribution is 2.15. The van der Waals surface area contributed by atoms with E-state index < -0.39 is 25.0 Å². The lowest BCUT2D eigenvalue weighted by Gasteiger charge is -2.31. The summed E-state index contributed by atoms with van der Waals surface area (Å²) in [7, 11) is -4.99. The van der Waals surface area contributed by atoms with Crippen LogP contribution in [0.4, 0.5) is 0 Å². The van der Waals surface area contributed by atoms with Crippen molar-refractivity contribution in [2.24, 2.45) is 0 Å².